The van der Waals surface area contributed by atoms with E-state index >= 15 is 0 Å². The Morgan fingerprint density at radius 2 is 2.16 bits per heavy atom. The van der Waals surface area contributed by atoms with E-state index in [1.54, 1.807) is 0 Å². The molecule has 100 valence electrons. The minimum atomic E-state index is -0.162. The van der Waals surface area contributed by atoms with Crippen molar-refractivity contribution in [1.29, 1.82) is 5.26 Å². The number of aryl methyl sites for hydroxylation is 2. The molecule has 2 fully saturated rings. The summed E-state index contributed by atoms with van der Waals surface area (Å²) in [5.41, 5.74) is 3.42. The Morgan fingerprint density at radius 1 is 1.37 bits per heavy atom. The summed E-state index contributed by atoms with van der Waals surface area (Å²) in [4.78, 5) is 6.63. The van der Waals surface area contributed by atoms with Crippen LogP contribution in [0.15, 0.2) is 6.07 Å². The molecule has 1 aromatic heterocycles. The van der Waals surface area contributed by atoms with Crippen LogP contribution in [0.1, 0.15) is 29.8 Å². The minimum Gasteiger partial charge on any atom is -0.393 e. The molecular weight excluding hydrogens is 238 g/mol. The molecule has 0 bridgehead atoms. The minimum absolute atomic E-state index is 0.162. The molecule has 0 amide bonds. The van der Waals surface area contributed by atoms with Crippen LogP contribution in [0.4, 0.5) is 5.69 Å². The van der Waals surface area contributed by atoms with Gasteiger partial charge in [-0.1, -0.05) is 0 Å². The summed E-state index contributed by atoms with van der Waals surface area (Å²) in [6.45, 7) is 5.67. The summed E-state index contributed by atoms with van der Waals surface area (Å²) >= 11 is 0. The van der Waals surface area contributed by atoms with Crippen molar-refractivity contribution in [3.8, 4) is 6.07 Å². The van der Waals surface area contributed by atoms with E-state index in [0.29, 0.717) is 17.4 Å². The zero-order valence-electron chi connectivity index (χ0n) is 11.4. The lowest BCUT2D eigenvalue weighted by Crippen LogP contribution is -2.25. The Labute approximate surface area is 113 Å². The lowest BCUT2D eigenvalue weighted by molar-refractivity contribution is 0.133. The SMILES string of the molecule is Cc1cc(N2CC3CCC(O)C3C2)c(C#N)c(C)n1. The maximum Gasteiger partial charge on any atom is 0.103 e. The fraction of sp³-hybridized carbons (Fsp3) is 0.600. The second-order valence-electron chi connectivity index (χ2n) is 5.83. The molecule has 1 saturated carbocycles. The molecule has 0 radical (unpaired) electrons. The normalized spacial score (nSPS) is 29.4. The number of nitrogens with zero attached hydrogens (tertiary/aromatic N) is 3. The van der Waals surface area contributed by atoms with Gasteiger partial charge in [0.25, 0.3) is 0 Å². The zero-order chi connectivity index (χ0) is 13.6. The Hall–Kier alpha value is -1.60. The standard InChI is InChI=1S/C15H19N3O/c1-9-5-14(12(6-16)10(2)17-9)18-7-11-3-4-15(19)13(11)8-18/h5,11,13,15,19H,3-4,7-8H2,1-2H3. The monoisotopic (exact) mass is 257 g/mol. The highest BCUT2D eigenvalue weighted by Gasteiger charge is 2.42. The van der Waals surface area contributed by atoms with E-state index in [-0.39, 0.29) is 6.10 Å². The largest absolute Gasteiger partial charge is 0.393 e. The Morgan fingerprint density at radius 3 is 2.84 bits per heavy atom. The Kier molecular flexibility index (Phi) is 2.94. The molecule has 2 aliphatic rings. The molecule has 4 nitrogen and oxygen atoms in total. The highest BCUT2D eigenvalue weighted by atomic mass is 16.3. The number of anilines is 1. The molecule has 1 aliphatic carbocycles. The molecule has 2 heterocycles. The van der Waals surface area contributed by atoms with Crippen LogP contribution in [-0.2, 0) is 0 Å². The van der Waals surface area contributed by atoms with Gasteiger partial charge in [-0.25, -0.2) is 0 Å². The zero-order valence-corrected chi connectivity index (χ0v) is 11.4. The molecule has 3 rings (SSSR count). The van der Waals surface area contributed by atoms with E-state index in [0.717, 1.165) is 43.0 Å². The molecule has 1 aromatic rings. The van der Waals surface area contributed by atoms with Crippen LogP contribution in [0.25, 0.3) is 0 Å². The fourth-order valence-corrected chi connectivity index (χ4v) is 3.63. The van der Waals surface area contributed by atoms with Crippen LogP contribution in [0.3, 0.4) is 0 Å². The highest BCUT2D eigenvalue weighted by Crippen LogP contribution is 2.40. The number of aromatic nitrogens is 1. The third-order valence-corrected chi connectivity index (χ3v) is 4.58. The van der Waals surface area contributed by atoms with Crippen molar-refractivity contribution in [2.75, 3.05) is 18.0 Å². The molecule has 4 heteroatoms. The summed E-state index contributed by atoms with van der Waals surface area (Å²) < 4.78 is 0. The van der Waals surface area contributed by atoms with Crippen molar-refractivity contribution >= 4 is 5.69 Å². The smallest absolute Gasteiger partial charge is 0.103 e. The summed E-state index contributed by atoms with van der Waals surface area (Å²) in [5.74, 6) is 0.954. The summed E-state index contributed by atoms with van der Waals surface area (Å²) in [6.07, 6.45) is 1.88. The second kappa shape index (κ2) is 4.50. The van der Waals surface area contributed by atoms with Gasteiger partial charge >= 0.3 is 0 Å². The van der Waals surface area contributed by atoms with Crippen LogP contribution in [-0.4, -0.2) is 29.3 Å². The van der Waals surface area contributed by atoms with Crippen molar-refractivity contribution < 1.29 is 5.11 Å². The van der Waals surface area contributed by atoms with E-state index in [4.69, 9.17) is 0 Å². The summed E-state index contributed by atoms with van der Waals surface area (Å²) in [5, 5.41) is 19.3. The predicted octanol–water partition coefficient (Wildman–Crippen LogP) is 1.78. The molecule has 1 N–H and O–H groups in total. The summed E-state index contributed by atoms with van der Waals surface area (Å²) in [6, 6.07) is 4.28. The highest BCUT2D eigenvalue weighted by molar-refractivity contribution is 5.62. The fourth-order valence-electron chi connectivity index (χ4n) is 3.63. The van der Waals surface area contributed by atoms with Gasteiger partial charge in [0.1, 0.15) is 6.07 Å². The van der Waals surface area contributed by atoms with Crippen LogP contribution >= 0.6 is 0 Å². The average molecular weight is 257 g/mol. The first-order valence-electron chi connectivity index (χ1n) is 6.91. The number of nitriles is 1. The molecule has 0 aromatic carbocycles. The van der Waals surface area contributed by atoms with Gasteiger partial charge in [-0.15, -0.1) is 0 Å². The molecule has 0 spiro atoms. The lowest BCUT2D eigenvalue weighted by Gasteiger charge is -2.22. The van der Waals surface area contributed by atoms with Crippen LogP contribution in [0, 0.1) is 37.0 Å². The maximum absolute atomic E-state index is 10.00. The molecule has 3 unspecified atom stereocenters. The van der Waals surface area contributed by atoms with Gasteiger partial charge in [-0.3, -0.25) is 4.98 Å². The van der Waals surface area contributed by atoms with E-state index in [2.05, 4.69) is 16.0 Å². The third kappa shape index (κ3) is 1.98. The van der Waals surface area contributed by atoms with Crippen LogP contribution in [0.5, 0.6) is 0 Å². The molecular formula is C15H19N3O. The number of hydrogen-bond donors (Lipinski definition) is 1. The number of fused-ring (bicyclic) bond motifs is 1. The van der Waals surface area contributed by atoms with Gasteiger partial charge in [-0.05, 0) is 38.7 Å². The molecule has 3 atom stereocenters. The second-order valence-corrected chi connectivity index (χ2v) is 5.83. The van der Waals surface area contributed by atoms with E-state index < -0.39 is 0 Å². The molecule has 1 aliphatic heterocycles. The number of aliphatic hydroxyl groups is 1. The first kappa shape index (κ1) is 12.4. The predicted molar refractivity (Wildman–Crippen MR) is 72.9 cm³/mol. The van der Waals surface area contributed by atoms with Gasteiger partial charge in [0, 0.05) is 24.7 Å². The van der Waals surface area contributed by atoms with Crippen molar-refractivity contribution in [3.63, 3.8) is 0 Å². The Bertz CT molecular complexity index is 549. The number of hydrogen-bond acceptors (Lipinski definition) is 4. The third-order valence-electron chi connectivity index (χ3n) is 4.58. The van der Waals surface area contributed by atoms with Gasteiger partial charge in [0.2, 0.25) is 0 Å². The first-order valence-corrected chi connectivity index (χ1v) is 6.91. The maximum atomic E-state index is 10.00. The Balaban J connectivity index is 1.94. The van der Waals surface area contributed by atoms with Crippen molar-refractivity contribution in [3.05, 3.63) is 23.0 Å². The van der Waals surface area contributed by atoms with E-state index in [1.807, 2.05) is 19.9 Å². The molecule has 19 heavy (non-hydrogen) atoms. The van der Waals surface area contributed by atoms with Crippen molar-refractivity contribution in [1.82, 2.24) is 4.98 Å². The van der Waals surface area contributed by atoms with E-state index in [9.17, 15) is 10.4 Å². The number of aliphatic hydroxyl groups excluding tert-OH is 1. The average Bonchev–Trinajstić information content (AvgIpc) is 2.91. The number of pyridine rings is 1. The number of rotatable bonds is 1. The van der Waals surface area contributed by atoms with Gasteiger partial charge < -0.3 is 10.0 Å². The van der Waals surface area contributed by atoms with Gasteiger partial charge in [0.05, 0.1) is 23.0 Å². The molecule has 1 saturated heterocycles. The van der Waals surface area contributed by atoms with Crippen molar-refractivity contribution in [2.24, 2.45) is 11.8 Å². The quantitative estimate of drug-likeness (QED) is 0.833. The topological polar surface area (TPSA) is 60.1 Å². The van der Waals surface area contributed by atoms with Crippen molar-refractivity contribution in [2.45, 2.75) is 32.8 Å². The first-order chi connectivity index (χ1) is 9.10. The lowest BCUT2D eigenvalue weighted by atomic mass is 10.00. The van der Waals surface area contributed by atoms with E-state index in [1.165, 1.54) is 0 Å². The summed E-state index contributed by atoms with van der Waals surface area (Å²) in [7, 11) is 0. The van der Waals surface area contributed by atoms with Gasteiger partial charge in [-0.2, -0.15) is 5.26 Å². The van der Waals surface area contributed by atoms with Crippen LogP contribution in [0.2, 0.25) is 0 Å². The van der Waals surface area contributed by atoms with Crippen LogP contribution < -0.4 is 4.90 Å². The van der Waals surface area contributed by atoms with Gasteiger partial charge in [0.15, 0.2) is 0 Å².